The molecule has 2 rings (SSSR count). The molecule has 0 saturated heterocycles. The zero-order valence-electron chi connectivity index (χ0n) is 13.0. The summed E-state index contributed by atoms with van der Waals surface area (Å²) < 4.78 is 0. The molecule has 2 N–H and O–H groups in total. The number of nitrogens with one attached hydrogen (secondary N) is 2. The smallest absolute Gasteiger partial charge is 0.220 e. The van der Waals surface area contributed by atoms with Gasteiger partial charge in [-0.25, -0.2) is 4.98 Å². The Morgan fingerprint density at radius 3 is 2.76 bits per heavy atom. The summed E-state index contributed by atoms with van der Waals surface area (Å²) in [5, 5.41) is 3.02. The Hall–Kier alpha value is -1.84. The SMILES string of the molecule is CCCCCCCC(=O)NC(C)c1nc2ccccc2[nH]1. The fourth-order valence-corrected chi connectivity index (χ4v) is 2.45. The van der Waals surface area contributed by atoms with Crippen molar-refractivity contribution < 1.29 is 4.79 Å². The van der Waals surface area contributed by atoms with E-state index in [0.717, 1.165) is 29.7 Å². The number of hydrogen-bond donors (Lipinski definition) is 2. The second-order valence-electron chi connectivity index (χ2n) is 5.59. The summed E-state index contributed by atoms with van der Waals surface area (Å²) in [5.74, 6) is 0.926. The number of imidazole rings is 1. The summed E-state index contributed by atoms with van der Waals surface area (Å²) in [5.41, 5.74) is 1.95. The van der Waals surface area contributed by atoms with Gasteiger partial charge in [0, 0.05) is 6.42 Å². The van der Waals surface area contributed by atoms with E-state index in [2.05, 4.69) is 22.2 Å². The monoisotopic (exact) mass is 287 g/mol. The predicted octanol–water partition coefficient (Wildman–Crippen LogP) is 4.10. The van der Waals surface area contributed by atoms with Crippen LogP contribution in [0.3, 0.4) is 0 Å². The first-order valence-corrected chi connectivity index (χ1v) is 7.94. The molecule has 0 aliphatic heterocycles. The number of carbonyl (C=O) groups excluding carboxylic acids is 1. The fraction of sp³-hybridized carbons (Fsp3) is 0.529. The van der Waals surface area contributed by atoms with Gasteiger partial charge in [0.25, 0.3) is 0 Å². The number of H-pyrrole nitrogens is 1. The Morgan fingerprint density at radius 1 is 1.24 bits per heavy atom. The molecule has 1 aromatic heterocycles. The molecular formula is C17H25N3O. The van der Waals surface area contributed by atoms with Crippen LogP contribution >= 0.6 is 0 Å². The molecule has 1 amide bonds. The number of carbonyl (C=O) groups is 1. The molecule has 1 heterocycles. The lowest BCUT2D eigenvalue weighted by atomic mass is 10.1. The van der Waals surface area contributed by atoms with Crippen LogP contribution in [0.1, 0.15) is 64.2 Å². The van der Waals surface area contributed by atoms with Crippen LogP contribution in [-0.2, 0) is 4.79 Å². The third-order valence-electron chi connectivity index (χ3n) is 3.70. The first kappa shape index (κ1) is 15.5. The second-order valence-corrected chi connectivity index (χ2v) is 5.59. The molecular weight excluding hydrogens is 262 g/mol. The summed E-state index contributed by atoms with van der Waals surface area (Å²) in [7, 11) is 0. The van der Waals surface area contributed by atoms with Crippen molar-refractivity contribution in [3.8, 4) is 0 Å². The summed E-state index contributed by atoms with van der Waals surface area (Å²) in [6.07, 6.45) is 6.43. The molecule has 0 aliphatic carbocycles. The number of unbranched alkanes of at least 4 members (excludes halogenated alkanes) is 4. The number of benzene rings is 1. The van der Waals surface area contributed by atoms with Gasteiger partial charge in [0.05, 0.1) is 17.1 Å². The lowest BCUT2D eigenvalue weighted by Gasteiger charge is -2.11. The minimum atomic E-state index is -0.0828. The van der Waals surface area contributed by atoms with Gasteiger partial charge in [-0.05, 0) is 25.5 Å². The van der Waals surface area contributed by atoms with Crippen molar-refractivity contribution in [1.29, 1.82) is 0 Å². The molecule has 4 nitrogen and oxygen atoms in total. The van der Waals surface area contributed by atoms with E-state index in [1.807, 2.05) is 31.2 Å². The maximum Gasteiger partial charge on any atom is 0.220 e. The molecule has 2 aromatic rings. The van der Waals surface area contributed by atoms with Crippen molar-refractivity contribution in [2.75, 3.05) is 0 Å². The van der Waals surface area contributed by atoms with E-state index in [1.54, 1.807) is 0 Å². The molecule has 0 bridgehead atoms. The average molecular weight is 287 g/mol. The molecule has 0 radical (unpaired) electrons. The topological polar surface area (TPSA) is 57.8 Å². The fourth-order valence-electron chi connectivity index (χ4n) is 2.45. The molecule has 21 heavy (non-hydrogen) atoms. The highest BCUT2D eigenvalue weighted by Crippen LogP contribution is 2.15. The Bertz CT molecular complexity index is 543. The van der Waals surface area contributed by atoms with Gasteiger partial charge in [0.15, 0.2) is 0 Å². The maximum absolute atomic E-state index is 11.9. The van der Waals surface area contributed by atoms with Crippen LogP contribution in [0.2, 0.25) is 0 Å². The lowest BCUT2D eigenvalue weighted by Crippen LogP contribution is -2.27. The Morgan fingerprint density at radius 2 is 2.00 bits per heavy atom. The molecule has 0 saturated carbocycles. The van der Waals surface area contributed by atoms with Gasteiger partial charge in [-0.2, -0.15) is 0 Å². The van der Waals surface area contributed by atoms with Crippen molar-refractivity contribution >= 4 is 16.9 Å². The molecule has 1 unspecified atom stereocenters. The highest BCUT2D eigenvalue weighted by molar-refractivity contribution is 5.77. The molecule has 0 aliphatic rings. The largest absolute Gasteiger partial charge is 0.346 e. The number of hydrogen-bond acceptors (Lipinski definition) is 2. The van der Waals surface area contributed by atoms with E-state index in [0.29, 0.717) is 6.42 Å². The Labute approximate surface area is 126 Å². The molecule has 1 aromatic carbocycles. The molecule has 4 heteroatoms. The van der Waals surface area contributed by atoms with Gasteiger partial charge in [-0.1, -0.05) is 44.7 Å². The average Bonchev–Trinajstić information content (AvgIpc) is 2.91. The maximum atomic E-state index is 11.9. The van der Waals surface area contributed by atoms with Crippen molar-refractivity contribution in [1.82, 2.24) is 15.3 Å². The first-order chi connectivity index (χ1) is 10.2. The van der Waals surface area contributed by atoms with Crippen LogP contribution in [-0.4, -0.2) is 15.9 Å². The van der Waals surface area contributed by atoms with Crippen molar-refractivity contribution in [3.63, 3.8) is 0 Å². The van der Waals surface area contributed by atoms with E-state index in [9.17, 15) is 4.79 Å². The normalized spacial score (nSPS) is 12.5. The number of fused-ring (bicyclic) bond motifs is 1. The van der Waals surface area contributed by atoms with Crippen molar-refractivity contribution in [3.05, 3.63) is 30.1 Å². The number of aromatic nitrogens is 2. The predicted molar refractivity (Wildman–Crippen MR) is 86.0 cm³/mol. The van der Waals surface area contributed by atoms with Gasteiger partial charge in [0.1, 0.15) is 5.82 Å². The van der Waals surface area contributed by atoms with Gasteiger partial charge in [-0.3, -0.25) is 4.79 Å². The van der Waals surface area contributed by atoms with E-state index in [1.165, 1.54) is 19.3 Å². The van der Waals surface area contributed by atoms with Gasteiger partial charge < -0.3 is 10.3 Å². The van der Waals surface area contributed by atoms with Crippen LogP contribution in [0.4, 0.5) is 0 Å². The minimum Gasteiger partial charge on any atom is -0.346 e. The minimum absolute atomic E-state index is 0.0828. The molecule has 114 valence electrons. The van der Waals surface area contributed by atoms with Crippen molar-refractivity contribution in [2.24, 2.45) is 0 Å². The van der Waals surface area contributed by atoms with E-state index < -0.39 is 0 Å². The quantitative estimate of drug-likeness (QED) is 0.718. The number of rotatable bonds is 8. The third kappa shape index (κ3) is 4.59. The van der Waals surface area contributed by atoms with Crippen LogP contribution in [0, 0.1) is 0 Å². The number of aromatic amines is 1. The Balaban J connectivity index is 1.80. The van der Waals surface area contributed by atoms with Crippen LogP contribution < -0.4 is 5.32 Å². The van der Waals surface area contributed by atoms with Gasteiger partial charge in [0.2, 0.25) is 5.91 Å². The molecule has 0 spiro atoms. The number of para-hydroxylation sites is 2. The number of amides is 1. The van der Waals surface area contributed by atoms with Crippen LogP contribution in [0.25, 0.3) is 11.0 Å². The zero-order valence-corrected chi connectivity index (χ0v) is 13.0. The highest BCUT2D eigenvalue weighted by atomic mass is 16.1. The van der Waals surface area contributed by atoms with E-state index in [-0.39, 0.29) is 11.9 Å². The van der Waals surface area contributed by atoms with Crippen molar-refractivity contribution in [2.45, 2.75) is 58.4 Å². The lowest BCUT2D eigenvalue weighted by molar-refractivity contribution is -0.121. The third-order valence-corrected chi connectivity index (χ3v) is 3.70. The molecule has 0 fully saturated rings. The summed E-state index contributed by atoms with van der Waals surface area (Å²) in [4.78, 5) is 19.7. The van der Waals surface area contributed by atoms with Crippen LogP contribution in [0.15, 0.2) is 24.3 Å². The summed E-state index contributed by atoms with van der Waals surface area (Å²) in [6.45, 7) is 4.16. The summed E-state index contributed by atoms with van der Waals surface area (Å²) >= 11 is 0. The Kier molecular flexibility index (Phi) is 5.78. The van der Waals surface area contributed by atoms with Gasteiger partial charge >= 0.3 is 0 Å². The van der Waals surface area contributed by atoms with Crippen LogP contribution in [0.5, 0.6) is 0 Å². The second kappa shape index (κ2) is 7.81. The standard InChI is InChI=1S/C17H25N3O/c1-3-4-5-6-7-12-16(21)18-13(2)17-19-14-10-8-9-11-15(14)20-17/h8-11,13H,3-7,12H2,1-2H3,(H,18,21)(H,19,20). The summed E-state index contributed by atoms with van der Waals surface area (Å²) in [6, 6.07) is 7.82. The zero-order chi connectivity index (χ0) is 15.1. The molecule has 1 atom stereocenters. The van der Waals surface area contributed by atoms with E-state index in [4.69, 9.17) is 0 Å². The highest BCUT2D eigenvalue weighted by Gasteiger charge is 2.13. The number of nitrogens with zero attached hydrogens (tertiary/aromatic N) is 1. The van der Waals surface area contributed by atoms with E-state index >= 15 is 0 Å². The first-order valence-electron chi connectivity index (χ1n) is 7.94. The van der Waals surface area contributed by atoms with Gasteiger partial charge in [-0.15, -0.1) is 0 Å².